The minimum atomic E-state index is -1.51. The smallest absolute Gasteiger partial charge is 0.326 e. The fourth-order valence-corrected chi connectivity index (χ4v) is 2.88. The number of aliphatic hydroxyl groups excluding tert-OH is 2. The standard InChI is InChI=1S/C16H27N5O8/c1-7(23)12(15(27)21-4-2-3-10(21)16(28)29)20-14(26)9(5-11(18)24)19-13(25)8(17)6-22/h7-10,12,22-23H,2-6,17H2,1H3,(H2,18,24)(H,19,25)(H,20,26)(H,28,29). The molecule has 5 atom stereocenters. The monoisotopic (exact) mass is 417 g/mol. The molecule has 1 rings (SSSR count). The summed E-state index contributed by atoms with van der Waals surface area (Å²) in [4.78, 5) is 60.7. The van der Waals surface area contributed by atoms with E-state index in [1.54, 1.807) is 0 Å². The molecule has 13 nitrogen and oxygen atoms in total. The summed E-state index contributed by atoms with van der Waals surface area (Å²) in [5, 5.41) is 32.4. The molecule has 5 unspecified atom stereocenters. The topological polar surface area (TPSA) is 225 Å². The van der Waals surface area contributed by atoms with Crippen molar-refractivity contribution in [1.82, 2.24) is 15.5 Å². The van der Waals surface area contributed by atoms with Crippen molar-refractivity contribution in [3.63, 3.8) is 0 Å². The van der Waals surface area contributed by atoms with Gasteiger partial charge in [0.15, 0.2) is 0 Å². The minimum absolute atomic E-state index is 0.141. The van der Waals surface area contributed by atoms with Crippen LogP contribution in [0.1, 0.15) is 26.2 Å². The average Bonchev–Trinajstić information content (AvgIpc) is 3.13. The molecular weight excluding hydrogens is 390 g/mol. The van der Waals surface area contributed by atoms with Crippen LogP contribution in [0.25, 0.3) is 0 Å². The highest BCUT2D eigenvalue weighted by Crippen LogP contribution is 2.19. The molecular formula is C16H27N5O8. The number of likely N-dealkylation sites (tertiary alicyclic amines) is 1. The number of primary amides is 1. The number of nitrogens with one attached hydrogen (secondary N) is 2. The summed E-state index contributed by atoms with van der Waals surface area (Å²) in [6, 6.07) is -5.46. The second-order valence-corrected chi connectivity index (χ2v) is 6.78. The zero-order valence-corrected chi connectivity index (χ0v) is 15.9. The van der Waals surface area contributed by atoms with E-state index in [2.05, 4.69) is 10.6 Å². The highest BCUT2D eigenvalue weighted by atomic mass is 16.4. The number of carbonyl (C=O) groups is 5. The zero-order valence-electron chi connectivity index (χ0n) is 15.9. The van der Waals surface area contributed by atoms with Gasteiger partial charge in [-0.25, -0.2) is 4.79 Å². The van der Waals surface area contributed by atoms with Gasteiger partial charge in [0.05, 0.1) is 19.1 Å². The van der Waals surface area contributed by atoms with Crippen LogP contribution < -0.4 is 22.1 Å². The highest BCUT2D eigenvalue weighted by Gasteiger charge is 2.40. The zero-order chi connectivity index (χ0) is 22.3. The summed E-state index contributed by atoms with van der Waals surface area (Å²) in [7, 11) is 0. The number of nitrogens with zero attached hydrogens (tertiary/aromatic N) is 1. The van der Waals surface area contributed by atoms with Crippen LogP contribution in [0.4, 0.5) is 0 Å². The first-order valence-corrected chi connectivity index (χ1v) is 8.96. The fourth-order valence-electron chi connectivity index (χ4n) is 2.88. The summed E-state index contributed by atoms with van der Waals surface area (Å²) >= 11 is 0. The Hall–Kier alpha value is -2.77. The van der Waals surface area contributed by atoms with Gasteiger partial charge in [0, 0.05) is 6.54 Å². The molecule has 0 aromatic rings. The lowest BCUT2D eigenvalue weighted by molar-refractivity contribution is -0.151. The van der Waals surface area contributed by atoms with Gasteiger partial charge < -0.3 is 42.3 Å². The number of aliphatic hydroxyl groups is 2. The van der Waals surface area contributed by atoms with Gasteiger partial charge in [-0.05, 0) is 19.8 Å². The molecule has 164 valence electrons. The van der Waals surface area contributed by atoms with Crippen molar-refractivity contribution < 1.29 is 39.3 Å². The molecule has 1 heterocycles. The summed E-state index contributed by atoms with van der Waals surface area (Å²) in [5.41, 5.74) is 10.4. The number of carbonyl (C=O) groups excluding carboxylic acids is 4. The van der Waals surface area contributed by atoms with Crippen LogP contribution in [0.2, 0.25) is 0 Å². The van der Waals surface area contributed by atoms with Crippen LogP contribution in [0.3, 0.4) is 0 Å². The number of hydrogen-bond donors (Lipinski definition) is 7. The summed E-state index contributed by atoms with van der Waals surface area (Å²) < 4.78 is 0. The van der Waals surface area contributed by atoms with Gasteiger partial charge in [0.2, 0.25) is 23.6 Å². The van der Waals surface area contributed by atoms with Crippen LogP contribution in [0.15, 0.2) is 0 Å². The Bertz CT molecular complexity index is 655. The van der Waals surface area contributed by atoms with E-state index in [-0.39, 0.29) is 13.0 Å². The normalized spacial score (nSPS) is 20.3. The number of nitrogens with two attached hydrogens (primary N) is 2. The molecule has 0 aliphatic carbocycles. The molecule has 4 amide bonds. The Morgan fingerprint density at radius 1 is 1.17 bits per heavy atom. The molecule has 1 fully saturated rings. The predicted octanol–water partition coefficient (Wildman–Crippen LogP) is -4.39. The molecule has 1 saturated heterocycles. The van der Waals surface area contributed by atoms with Crippen molar-refractivity contribution in [2.24, 2.45) is 11.5 Å². The van der Waals surface area contributed by atoms with Gasteiger partial charge in [-0.3, -0.25) is 19.2 Å². The van der Waals surface area contributed by atoms with Gasteiger partial charge in [-0.2, -0.15) is 0 Å². The first-order valence-electron chi connectivity index (χ1n) is 8.96. The molecule has 9 N–H and O–H groups in total. The molecule has 0 radical (unpaired) electrons. The van der Waals surface area contributed by atoms with Crippen molar-refractivity contribution in [3.05, 3.63) is 0 Å². The van der Waals surface area contributed by atoms with E-state index in [9.17, 15) is 34.2 Å². The highest BCUT2D eigenvalue weighted by molar-refractivity contribution is 5.96. The molecule has 0 saturated carbocycles. The van der Waals surface area contributed by atoms with Gasteiger partial charge in [0.1, 0.15) is 24.2 Å². The molecule has 13 heteroatoms. The second kappa shape index (κ2) is 10.7. The lowest BCUT2D eigenvalue weighted by Gasteiger charge is -2.30. The molecule has 1 aliphatic heterocycles. The van der Waals surface area contributed by atoms with Crippen molar-refractivity contribution in [2.45, 2.75) is 56.5 Å². The fraction of sp³-hybridized carbons (Fsp3) is 0.688. The van der Waals surface area contributed by atoms with E-state index in [1.165, 1.54) is 6.92 Å². The van der Waals surface area contributed by atoms with E-state index >= 15 is 0 Å². The van der Waals surface area contributed by atoms with Gasteiger partial charge in [-0.15, -0.1) is 0 Å². The maximum atomic E-state index is 12.7. The van der Waals surface area contributed by atoms with Crippen LogP contribution in [-0.4, -0.2) is 93.2 Å². The molecule has 0 bridgehead atoms. The number of amides is 4. The average molecular weight is 417 g/mol. The Morgan fingerprint density at radius 3 is 2.28 bits per heavy atom. The number of aliphatic carboxylic acids is 1. The maximum Gasteiger partial charge on any atom is 0.326 e. The third kappa shape index (κ3) is 6.66. The molecule has 0 aromatic carbocycles. The predicted molar refractivity (Wildman–Crippen MR) is 96.8 cm³/mol. The second-order valence-electron chi connectivity index (χ2n) is 6.78. The Labute approximate surface area is 166 Å². The third-order valence-corrected chi connectivity index (χ3v) is 4.44. The van der Waals surface area contributed by atoms with Crippen LogP contribution >= 0.6 is 0 Å². The summed E-state index contributed by atoms with van der Waals surface area (Å²) in [6.45, 7) is 0.650. The SMILES string of the molecule is CC(O)C(NC(=O)C(CC(N)=O)NC(=O)C(N)CO)C(=O)N1CCCC1C(=O)O. The maximum absolute atomic E-state index is 12.7. The third-order valence-electron chi connectivity index (χ3n) is 4.44. The van der Waals surface area contributed by atoms with E-state index in [0.29, 0.717) is 6.42 Å². The van der Waals surface area contributed by atoms with E-state index in [4.69, 9.17) is 16.6 Å². The lowest BCUT2D eigenvalue weighted by Crippen LogP contribution is -2.60. The first kappa shape index (κ1) is 24.3. The Kier molecular flexibility index (Phi) is 8.94. The van der Waals surface area contributed by atoms with Gasteiger partial charge in [0.25, 0.3) is 0 Å². The van der Waals surface area contributed by atoms with Crippen molar-refractivity contribution >= 4 is 29.6 Å². The van der Waals surface area contributed by atoms with E-state index in [0.717, 1.165) is 4.90 Å². The van der Waals surface area contributed by atoms with E-state index < -0.39 is 72.9 Å². The lowest BCUT2D eigenvalue weighted by atomic mass is 10.1. The quantitative estimate of drug-likeness (QED) is 0.182. The largest absolute Gasteiger partial charge is 0.480 e. The van der Waals surface area contributed by atoms with Crippen molar-refractivity contribution in [1.29, 1.82) is 0 Å². The molecule has 0 spiro atoms. The van der Waals surface area contributed by atoms with Crippen LogP contribution in [-0.2, 0) is 24.0 Å². The summed E-state index contributed by atoms with van der Waals surface area (Å²) in [6.07, 6.45) is -1.34. The Morgan fingerprint density at radius 2 is 1.79 bits per heavy atom. The van der Waals surface area contributed by atoms with Gasteiger partial charge in [-0.1, -0.05) is 0 Å². The van der Waals surface area contributed by atoms with E-state index in [1.807, 2.05) is 0 Å². The van der Waals surface area contributed by atoms with Crippen LogP contribution in [0, 0.1) is 0 Å². The van der Waals surface area contributed by atoms with Crippen LogP contribution in [0.5, 0.6) is 0 Å². The first-order chi connectivity index (χ1) is 13.5. The van der Waals surface area contributed by atoms with Gasteiger partial charge >= 0.3 is 5.97 Å². The minimum Gasteiger partial charge on any atom is -0.480 e. The molecule has 1 aliphatic rings. The Balaban J connectivity index is 2.97. The number of hydrogen-bond acceptors (Lipinski definition) is 8. The van der Waals surface area contributed by atoms with Crippen molar-refractivity contribution in [3.8, 4) is 0 Å². The number of carboxylic acid groups (broad SMARTS) is 1. The van der Waals surface area contributed by atoms with Crippen molar-refractivity contribution in [2.75, 3.05) is 13.2 Å². The molecule has 0 aromatic heterocycles. The number of carboxylic acids is 1. The number of rotatable bonds is 10. The molecule has 29 heavy (non-hydrogen) atoms. The summed E-state index contributed by atoms with van der Waals surface area (Å²) in [5.74, 6) is -4.89.